The highest BCUT2D eigenvalue weighted by Gasteiger charge is 2.28. The smallest absolute Gasteiger partial charge is 0.225 e. The topological polar surface area (TPSA) is 61.0 Å². The highest BCUT2D eigenvalue weighted by atomic mass is 32.1. The molecule has 0 spiro atoms. The van der Waals surface area contributed by atoms with Crippen LogP contribution >= 0.6 is 11.3 Å². The number of nitrogens with two attached hydrogens (primary N) is 1. The van der Waals surface area contributed by atoms with Crippen LogP contribution in [0.15, 0.2) is 12.4 Å². The van der Waals surface area contributed by atoms with Gasteiger partial charge in [-0.25, -0.2) is 9.97 Å². The maximum absolute atomic E-state index is 6.42. The Morgan fingerprint density at radius 3 is 2.85 bits per heavy atom. The fourth-order valence-corrected chi connectivity index (χ4v) is 3.71. The summed E-state index contributed by atoms with van der Waals surface area (Å²) in [6, 6.07) is 2.14. The van der Waals surface area contributed by atoms with Gasteiger partial charge in [0.1, 0.15) is 17.8 Å². The summed E-state index contributed by atoms with van der Waals surface area (Å²) < 4.78 is 5.95. The summed E-state index contributed by atoms with van der Waals surface area (Å²) >= 11 is 1.71. The van der Waals surface area contributed by atoms with E-state index in [-0.39, 0.29) is 5.54 Å². The fraction of sp³-hybridized carbons (Fsp3) is 0.600. The quantitative estimate of drug-likeness (QED) is 0.939. The number of aryl methyl sites for hydroxylation is 1. The van der Waals surface area contributed by atoms with E-state index in [4.69, 9.17) is 10.5 Å². The third kappa shape index (κ3) is 2.79. The molecule has 2 N–H and O–H groups in total. The van der Waals surface area contributed by atoms with Gasteiger partial charge >= 0.3 is 0 Å². The van der Waals surface area contributed by atoms with Crippen LogP contribution in [0.4, 0.5) is 0 Å². The predicted molar refractivity (Wildman–Crippen MR) is 82.3 cm³/mol. The Balaban J connectivity index is 1.78. The van der Waals surface area contributed by atoms with Crippen molar-refractivity contribution >= 4 is 21.6 Å². The Labute approximate surface area is 123 Å². The molecule has 108 valence electrons. The number of hydrogen-bond donors (Lipinski definition) is 1. The molecule has 1 fully saturated rings. The van der Waals surface area contributed by atoms with E-state index in [1.807, 2.05) is 0 Å². The lowest BCUT2D eigenvalue weighted by molar-refractivity contribution is 0.170. The maximum atomic E-state index is 6.42. The number of fused-ring (bicyclic) bond motifs is 1. The molecule has 0 radical (unpaired) electrons. The van der Waals surface area contributed by atoms with E-state index < -0.39 is 0 Å². The van der Waals surface area contributed by atoms with Crippen molar-refractivity contribution in [2.24, 2.45) is 5.73 Å². The molecule has 0 aliphatic heterocycles. The minimum Gasteiger partial charge on any atom is -0.475 e. The summed E-state index contributed by atoms with van der Waals surface area (Å²) in [7, 11) is 0. The van der Waals surface area contributed by atoms with Crippen molar-refractivity contribution in [1.82, 2.24) is 9.97 Å². The molecule has 1 aliphatic rings. The first-order valence-corrected chi connectivity index (χ1v) is 8.17. The van der Waals surface area contributed by atoms with E-state index >= 15 is 0 Å². The van der Waals surface area contributed by atoms with Crippen LogP contribution in [-0.4, -0.2) is 22.1 Å². The molecular formula is C15H21N3OS. The molecule has 0 unspecified atom stereocenters. The van der Waals surface area contributed by atoms with E-state index in [9.17, 15) is 0 Å². The molecule has 20 heavy (non-hydrogen) atoms. The van der Waals surface area contributed by atoms with E-state index in [1.54, 1.807) is 17.7 Å². The molecule has 3 rings (SSSR count). The van der Waals surface area contributed by atoms with Crippen LogP contribution < -0.4 is 10.5 Å². The van der Waals surface area contributed by atoms with Gasteiger partial charge in [-0.3, -0.25) is 0 Å². The van der Waals surface area contributed by atoms with Crippen molar-refractivity contribution < 1.29 is 4.74 Å². The zero-order chi connectivity index (χ0) is 14.0. The average Bonchev–Trinajstić information content (AvgIpc) is 2.89. The minimum atomic E-state index is -0.181. The van der Waals surface area contributed by atoms with Crippen molar-refractivity contribution in [2.75, 3.05) is 6.61 Å². The monoisotopic (exact) mass is 291 g/mol. The van der Waals surface area contributed by atoms with Crippen LogP contribution in [0.3, 0.4) is 0 Å². The van der Waals surface area contributed by atoms with Crippen molar-refractivity contribution in [3.05, 3.63) is 17.3 Å². The Hall–Kier alpha value is -1.20. The summed E-state index contributed by atoms with van der Waals surface area (Å²) in [6.45, 7) is 2.70. The summed E-state index contributed by atoms with van der Waals surface area (Å²) in [5.74, 6) is 0.682. The minimum absolute atomic E-state index is 0.181. The third-order valence-corrected chi connectivity index (χ3v) is 5.23. The maximum Gasteiger partial charge on any atom is 0.225 e. The van der Waals surface area contributed by atoms with Gasteiger partial charge in [-0.1, -0.05) is 26.2 Å². The molecule has 0 saturated heterocycles. The van der Waals surface area contributed by atoms with Gasteiger partial charge in [0.25, 0.3) is 0 Å². The van der Waals surface area contributed by atoms with E-state index in [0.717, 1.165) is 29.5 Å². The average molecular weight is 291 g/mol. The molecule has 0 bridgehead atoms. The number of hydrogen-bond acceptors (Lipinski definition) is 5. The number of aromatic nitrogens is 2. The molecule has 4 nitrogen and oxygen atoms in total. The zero-order valence-corrected chi connectivity index (χ0v) is 12.7. The first-order valence-electron chi connectivity index (χ1n) is 7.35. The van der Waals surface area contributed by atoms with Gasteiger partial charge in [-0.2, -0.15) is 0 Å². The normalized spacial score (nSPS) is 18.3. The Bertz CT molecular complexity index is 590. The van der Waals surface area contributed by atoms with Gasteiger partial charge in [0.2, 0.25) is 5.88 Å². The molecule has 0 amide bonds. The fourth-order valence-electron chi connectivity index (χ4n) is 2.79. The summed E-state index contributed by atoms with van der Waals surface area (Å²) in [5, 5.41) is 1.02. The van der Waals surface area contributed by atoms with E-state index in [2.05, 4.69) is 23.0 Å². The Morgan fingerprint density at radius 2 is 2.10 bits per heavy atom. The lowest BCUT2D eigenvalue weighted by Gasteiger charge is -2.32. The molecule has 1 saturated carbocycles. The van der Waals surface area contributed by atoms with Gasteiger partial charge < -0.3 is 10.5 Å². The molecular weight excluding hydrogens is 270 g/mol. The highest BCUT2D eigenvalue weighted by molar-refractivity contribution is 7.18. The first-order chi connectivity index (χ1) is 9.70. The van der Waals surface area contributed by atoms with Crippen LogP contribution in [-0.2, 0) is 6.42 Å². The van der Waals surface area contributed by atoms with Gasteiger partial charge in [-0.05, 0) is 25.3 Å². The molecule has 2 aromatic heterocycles. The van der Waals surface area contributed by atoms with Gasteiger partial charge in [0.15, 0.2) is 0 Å². The van der Waals surface area contributed by atoms with Crippen molar-refractivity contribution in [2.45, 2.75) is 51.0 Å². The molecule has 2 aromatic rings. The van der Waals surface area contributed by atoms with Crippen LogP contribution in [0.5, 0.6) is 5.88 Å². The zero-order valence-electron chi connectivity index (χ0n) is 11.9. The Kier molecular flexibility index (Phi) is 3.89. The Morgan fingerprint density at radius 1 is 1.30 bits per heavy atom. The third-order valence-electron chi connectivity index (χ3n) is 4.04. The van der Waals surface area contributed by atoms with Crippen LogP contribution in [0.25, 0.3) is 10.2 Å². The van der Waals surface area contributed by atoms with Gasteiger partial charge in [-0.15, -0.1) is 11.3 Å². The van der Waals surface area contributed by atoms with Crippen molar-refractivity contribution in [1.29, 1.82) is 0 Å². The summed E-state index contributed by atoms with van der Waals surface area (Å²) in [5.41, 5.74) is 6.24. The predicted octanol–water partition coefficient (Wildman–Crippen LogP) is 3.29. The summed E-state index contributed by atoms with van der Waals surface area (Å²) in [6.07, 6.45) is 8.39. The largest absolute Gasteiger partial charge is 0.475 e. The van der Waals surface area contributed by atoms with Gasteiger partial charge in [0.05, 0.1) is 10.9 Å². The van der Waals surface area contributed by atoms with E-state index in [0.29, 0.717) is 12.5 Å². The van der Waals surface area contributed by atoms with Crippen LogP contribution in [0.2, 0.25) is 0 Å². The number of nitrogens with zero attached hydrogens (tertiary/aromatic N) is 2. The lowest BCUT2D eigenvalue weighted by atomic mass is 9.83. The van der Waals surface area contributed by atoms with Crippen LogP contribution in [0, 0.1) is 0 Å². The highest BCUT2D eigenvalue weighted by Crippen LogP contribution is 2.31. The number of thiophene rings is 1. The number of rotatable bonds is 4. The molecule has 5 heteroatoms. The second-order valence-corrected chi connectivity index (χ2v) is 6.79. The first kappa shape index (κ1) is 13.8. The second-order valence-electron chi connectivity index (χ2n) is 5.68. The SMILES string of the molecule is CCc1cc2c(OCC3(N)CCCCC3)ncnc2s1. The van der Waals surface area contributed by atoms with Crippen LogP contribution in [0.1, 0.15) is 43.9 Å². The second kappa shape index (κ2) is 5.66. The standard InChI is InChI=1S/C15H21N3OS/c1-2-11-8-12-13(17-10-18-14(12)20-11)19-9-15(16)6-4-3-5-7-15/h8,10H,2-7,9,16H2,1H3. The number of ether oxygens (including phenoxy) is 1. The molecule has 0 atom stereocenters. The summed E-state index contributed by atoms with van der Waals surface area (Å²) in [4.78, 5) is 10.9. The van der Waals surface area contributed by atoms with E-state index in [1.165, 1.54) is 24.1 Å². The molecule has 0 aromatic carbocycles. The van der Waals surface area contributed by atoms with Gasteiger partial charge in [0, 0.05) is 4.88 Å². The molecule has 2 heterocycles. The lowest BCUT2D eigenvalue weighted by Crippen LogP contribution is -2.47. The van der Waals surface area contributed by atoms with Crippen molar-refractivity contribution in [3.8, 4) is 5.88 Å². The molecule has 1 aliphatic carbocycles. The van der Waals surface area contributed by atoms with Crippen molar-refractivity contribution in [3.63, 3.8) is 0 Å².